The van der Waals surface area contributed by atoms with E-state index in [2.05, 4.69) is 0 Å². The van der Waals surface area contributed by atoms with Gasteiger partial charge in [0.15, 0.2) is 0 Å². The van der Waals surface area contributed by atoms with Crippen LogP contribution in [0.4, 0.5) is 4.79 Å². The monoisotopic (exact) mass is 391 g/mol. The van der Waals surface area contributed by atoms with Crippen LogP contribution in [-0.4, -0.2) is 22.3 Å². The van der Waals surface area contributed by atoms with Gasteiger partial charge in [-0.15, -0.1) is 11.8 Å². The molecular formula is C22H17NO2S2. The average Bonchev–Trinajstić information content (AvgIpc) is 2.96. The first kappa shape index (κ1) is 17.9. The summed E-state index contributed by atoms with van der Waals surface area (Å²) in [4.78, 5) is 28.2. The van der Waals surface area contributed by atoms with Crippen molar-refractivity contribution in [2.75, 3.05) is 6.26 Å². The first-order chi connectivity index (χ1) is 13.2. The Bertz CT molecular complexity index is 1050. The molecule has 0 radical (unpaired) electrons. The van der Waals surface area contributed by atoms with Crippen molar-refractivity contribution in [1.82, 2.24) is 4.90 Å². The normalized spacial score (nSPS) is 15.9. The van der Waals surface area contributed by atoms with Gasteiger partial charge in [-0.2, -0.15) is 0 Å². The highest BCUT2D eigenvalue weighted by Crippen LogP contribution is 2.34. The third-order valence-electron chi connectivity index (χ3n) is 4.50. The van der Waals surface area contributed by atoms with Gasteiger partial charge in [-0.25, -0.2) is 0 Å². The summed E-state index contributed by atoms with van der Waals surface area (Å²) in [6.45, 7) is 0.286. The van der Waals surface area contributed by atoms with Crippen molar-refractivity contribution in [1.29, 1.82) is 0 Å². The predicted octanol–water partition coefficient (Wildman–Crippen LogP) is 5.80. The van der Waals surface area contributed by atoms with Gasteiger partial charge in [0, 0.05) is 4.90 Å². The molecule has 1 fully saturated rings. The Hall–Kier alpha value is -2.50. The van der Waals surface area contributed by atoms with Gasteiger partial charge < -0.3 is 0 Å². The van der Waals surface area contributed by atoms with E-state index in [1.54, 1.807) is 17.8 Å². The summed E-state index contributed by atoms with van der Waals surface area (Å²) in [6.07, 6.45) is 3.81. The Morgan fingerprint density at radius 3 is 2.48 bits per heavy atom. The van der Waals surface area contributed by atoms with Crippen LogP contribution in [0.5, 0.6) is 0 Å². The van der Waals surface area contributed by atoms with E-state index < -0.39 is 0 Å². The molecule has 1 heterocycles. The molecule has 0 bridgehead atoms. The molecule has 0 N–H and O–H groups in total. The molecule has 0 saturated carbocycles. The number of imide groups is 1. The van der Waals surface area contributed by atoms with Crippen molar-refractivity contribution in [3.8, 4) is 0 Å². The third kappa shape index (κ3) is 3.66. The number of amides is 2. The number of hydrogen-bond donors (Lipinski definition) is 0. The number of hydrogen-bond acceptors (Lipinski definition) is 4. The summed E-state index contributed by atoms with van der Waals surface area (Å²) in [6, 6.07) is 21.9. The molecule has 3 aromatic carbocycles. The molecular weight excluding hydrogens is 374 g/mol. The first-order valence-electron chi connectivity index (χ1n) is 8.52. The number of carbonyl (C=O) groups is 2. The molecule has 27 heavy (non-hydrogen) atoms. The van der Waals surface area contributed by atoms with Gasteiger partial charge in [0.05, 0.1) is 11.4 Å². The van der Waals surface area contributed by atoms with Crippen LogP contribution in [-0.2, 0) is 11.3 Å². The summed E-state index contributed by atoms with van der Waals surface area (Å²) < 4.78 is 0. The molecule has 0 atom stereocenters. The molecule has 134 valence electrons. The van der Waals surface area contributed by atoms with E-state index in [4.69, 9.17) is 0 Å². The Morgan fingerprint density at radius 2 is 1.70 bits per heavy atom. The molecule has 0 spiro atoms. The van der Waals surface area contributed by atoms with Gasteiger partial charge in [-0.1, -0.05) is 54.6 Å². The van der Waals surface area contributed by atoms with Crippen LogP contribution in [0.15, 0.2) is 76.5 Å². The van der Waals surface area contributed by atoms with Crippen LogP contribution in [0, 0.1) is 0 Å². The standard InChI is InChI=1S/C22H17NO2S2/c1-26-18-11-9-15(10-12-18)13-20-21(24)23(22(25)27-20)14-17-7-4-6-16-5-2-3-8-19(16)17/h2-13H,14H2,1H3/b20-13+. The second-order valence-corrected chi connectivity index (χ2v) is 8.05. The number of benzene rings is 3. The molecule has 4 rings (SSSR count). The maximum atomic E-state index is 12.8. The lowest BCUT2D eigenvalue weighted by Crippen LogP contribution is -2.27. The van der Waals surface area contributed by atoms with E-state index in [1.165, 1.54) is 4.90 Å². The molecule has 3 aromatic rings. The Labute approximate surface area is 166 Å². The second-order valence-electron chi connectivity index (χ2n) is 6.18. The van der Waals surface area contributed by atoms with Crippen LogP contribution >= 0.6 is 23.5 Å². The zero-order chi connectivity index (χ0) is 18.8. The number of thioether (sulfide) groups is 2. The van der Waals surface area contributed by atoms with Crippen molar-refractivity contribution in [2.45, 2.75) is 11.4 Å². The van der Waals surface area contributed by atoms with E-state index in [0.29, 0.717) is 4.91 Å². The summed E-state index contributed by atoms with van der Waals surface area (Å²) in [5.41, 5.74) is 1.89. The third-order valence-corrected chi connectivity index (χ3v) is 6.15. The number of fused-ring (bicyclic) bond motifs is 1. The van der Waals surface area contributed by atoms with Crippen LogP contribution in [0.3, 0.4) is 0 Å². The topological polar surface area (TPSA) is 37.4 Å². The molecule has 3 nitrogen and oxygen atoms in total. The molecule has 0 aromatic heterocycles. The van der Waals surface area contributed by atoms with E-state index in [-0.39, 0.29) is 17.7 Å². The quantitative estimate of drug-likeness (QED) is 0.416. The first-order valence-corrected chi connectivity index (χ1v) is 10.6. The Balaban J connectivity index is 1.60. The lowest BCUT2D eigenvalue weighted by molar-refractivity contribution is -0.123. The Kier molecular flexibility index (Phi) is 5.05. The fraction of sp³-hybridized carbons (Fsp3) is 0.0909. The minimum absolute atomic E-state index is 0.222. The number of nitrogens with zero attached hydrogens (tertiary/aromatic N) is 1. The molecule has 1 aliphatic rings. The summed E-state index contributed by atoms with van der Waals surface area (Å²) >= 11 is 2.67. The van der Waals surface area contributed by atoms with Crippen molar-refractivity contribution in [3.63, 3.8) is 0 Å². The van der Waals surface area contributed by atoms with E-state index in [9.17, 15) is 9.59 Å². The molecule has 0 aliphatic carbocycles. The minimum Gasteiger partial charge on any atom is -0.268 e. The lowest BCUT2D eigenvalue weighted by Gasteiger charge is -2.14. The highest BCUT2D eigenvalue weighted by atomic mass is 32.2. The van der Waals surface area contributed by atoms with Gasteiger partial charge in [-0.05, 0) is 58.1 Å². The maximum absolute atomic E-state index is 12.8. The van der Waals surface area contributed by atoms with Crippen molar-refractivity contribution in [3.05, 3.63) is 82.8 Å². The second kappa shape index (κ2) is 7.62. The van der Waals surface area contributed by atoms with Gasteiger partial charge in [0.25, 0.3) is 11.1 Å². The highest BCUT2D eigenvalue weighted by Gasteiger charge is 2.35. The summed E-state index contributed by atoms with van der Waals surface area (Å²) in [5, 5.41) is 1.95. The van der Waals surface area contributed by atoms with E-state index in [0.717, 1.165) is 38.6 Å². The van der Waals surface area contributed by atoms with Gasteiger partial charge in [0.2, 0.25) is 0 Å². The van der Waals surface area contributed by atoms with E-state index in [1.807, 2.05) is 73.0 Å². The van der Waals surface area contributed by atoms with Gasteiger partial charge in [0.1, 0.15) is 0 Å². The summed E-state index contributed by atoms with van der Waals surface area (Å²) in [5.74, 6) is -0.230. The fourth-order valence-corrected chi connectivity index (χ4v) is 4.34. The van der Waals surface area contributed by atoms with Crippen molar-refractivity contribution in [2.24, 2.45) is 0 Å². The fourth-order valence-electron chi connectivity index (χ4n) is 3.09. The molecule has 1 aliphatic heterocycles. The number of carbonyl (C=O) groups excluding carboxylic acids is 2. The van der Waals surface area contributed by atoms with E-state index >= 15 is 0 Å². The van der Waals surface area contributed by atoms with Gasteiger partial charge >= 0.3 is 0 Å². The lowest BCUT2D eigenvalue weighted by atomic mass is 10.0. The number of rotatable bonds is 4. The maximum Gasteiger partial charge on any atom is 0.293 e. The van der Waals surface area contributed by atoms with Crippen LogP contribution in [0.25, 0.3) is 16.8 Å². The molecule has 5 heteroatoms. The highest BCUT2D eigenvalue weighted by molar-refractivity contribution is 8.18. The van der Waals surface area contributed by atoms with Crippen LogP contribution < -0.4 is 0 Å². The minimum atomic E-state index is -0.230. The van der Waals surface area contributed by atoms with Crippen molar-refractivity contribution >= 4 is 51.5 Å². The zero-order valence-corrected chi connectivity index (χ0v) is 16.3. The van der Waals surface area contributed by atoms with Gasteiger partial charge in [-0.3, -0.25) is 14.5 Å². The van der Waals surface area contributed by atoms with Crippen molar-refractivity contribution < 1.29 is 9.59 Å². The zero-order valence-electron chi connectivity index (χ0n) is 14.7. The SMILES string of the molecule is CSc1ccc(/C=C2/SC(=O)N(Cc3cccc4ccccc34)C2=O)cc1. The average molecular weight is 392 g/mol. The predicted molar refractivity (Wildman–Crippen MR) is 114 cm³/mol. The van der Waals surface area contributed by atoms with Crippen LogP contribution in [0.2, 0.25) is 0 Å². The Morgan fingerprint density at radius 1 is 0.963 bits per heavy atom. The molecule has 0 unspecified atom stereocenters. The largest absolute Gasteiger partial charge is 0.293 e. The summed E-state index contributed by atoms with van der Waals surface area (Å²) in [7, 11) is 0. The van der Waals surface area contributed by atoms with Crippen LogP contribution in [0.1, 0.15) is 11.1 Å². The molecule has 2 amide bonds. The smallest absolute Gasteiger partial charge is 0.268 e. The molecule has 1 saturated heterocycles.